The van der Waals surface area contributed by atoms with Crippen molar-refractivity contribution in [3.63, 3.8) is 0 Å². The van der Waals surface area contributed by atoms with Gasteiger partial charge in [0.05, 0.1) is 0 Å². The number of amides is 1. The van der Waals surface area contributed by atoms with Gasteiger partial charge < -0.3 is 14.8 Å². The second-order valence-electron chi connectivity index (χ2n) is 6.08. The Labute approximate surface area is 135 Å². The number of carbonyl (C=O) groups excluding carboxylic acids is 2. The van der Waals surface area contributed by atoms with Gasteiger partial charge in [0.1, 0.15) is 5.82 Å². The maximum atomic E-state index is 12.9. The fourth-order valence-electron chi connectivity index (χ4n) is 2.73. The van der Waals surface area contributed by atoms with E-state index in [1.165, 1.54) is 29.2 Å². The van der Waals surface area contributed by atoms with E-state index in [-0.39, 0.29) is 36.7 Å². The molecular formula is C15H17FLiNO3. The van der Waals surface area contributed by atoms with Crippen LogP contribution in [0.1, 0.15) is 30.6 Å². The average Bonchev–Trinajstić information content (AvgIpc) is 2.37. The maximum absolute atomic E-state index is 12.9. The number of hydrogen-bond donors (Lipinski definition) is 0. The van der Waals surface area contributed by atoms with Crippen LogP contribution in [0.4, 0.5) is 4.39 Å². The van der Waals surface area contributed by atoms with Gasteiger partial charge in [-0.3, -0.25) is 4.79 Å². The van der Waals surface area contributed by atoms with Crippen LogP contribution in [0.3, 0.4) is 0 Å². The van der Waals surface area contributed by atoms with E-state index >= 15 is 0 Å². The first-order valence-electron chi connectivity index (χ1n) is 6.54. The summed E-state index contributed by atoms with van der Waals surface area (Å²) in [6.45, 7) is 4.47. The Morgan fingerprint density at radius 2 is 1.86 bits per heavy atom. The van der Waals surface area contributed by atoms with Crippen LogP contribution in [0.5, 0.6) is 0 Å². The van der Waals surface area contributed by atoms with Gasteiger partial charge in [-0.2, -0.15) is 0 Å². The molecule has 6 heteroatoms. The van der Waals surface area contributed by atoms with Crippen molar-refractivity contribution in [1.29, 1.82) is 0 Å². The molecule has 0 aliphatic carbocycles. The molecule has 1 fully saturated rings. The zero-order chi connectivity index (χ0) is 14.9. The molecule has 1 aromatic carbocycles. The monoisotopic (exact) mass is 285 g/mol. The van der Waals surface area contributed by atoms with Crippen LogP contribution in [0.25, 0.3) is 0 Å². The molecule has 1 heterocycles. The molecule has 1 atom stereocenters. The van der Waals surface area contributed by atoms with Crippen molar-refractivity contribution >= 4 is 11.9 Å². The first kappa shape index (κ1) is 17.7. The summed E-state index contributed by atoms with van der Waals surface area (Å²) in [7, 11) is 0. The standard InChI is InChI=1S/C15H18FNO3.Li/c1-15(2)7-11(14(19)20)8-17(9-15)13(18)10-3-5-12(16)6-4-10;/h3-6,11H,7-9H2,1-2H3,(H,19,20);/q;+1/p-1. The molecule has 2 rings (SSSR count). The number of aliphatic carboxylic acids is 1. The van der Waals surface area contributed by atoms with E-state index in [1.54, 1.807) is 0 Å². The normalized spacial score (nSPS) is 20.5. The fraction of sp³-hybridized carbons (Fsp3) is 0.467. The number of carboxylic acid groups (broad SMARTS) is 1. The quantitative estimate of drug-likeness (QED) is 0.595. The van der Waals surface area contributed by atoms with E-state index in [0.29, 0.717) is 18.5 Å². The van der Waals surface area contributed by atoms with Crippen LogP contribution in [0.2, 0.25) is 0 Å². The van der Waals surface area contributed by atoms with Crippen molar-refractivity contribution in [1.82, 2.24) is 4.90 Å². The molecule has 0 N–H and O–H groups in total. The molecule has 1 aromatic rings. The van der Waals surface area contributed by atoms with Crippen molar-refractivity contribution in [3.05, 3.63) is 35.6 Å². The Kier molecular flexibility index (Phi) is 5.60. The minimum absolute atomic E-state index is 0. The molecule has 1 unspecified atom stereocenters. The second kappa shape index (κ2) is 6.63. The molecule has 4 nitrogen and oxygen atoms in total. The molecular weight excluding hydrogens is 268 g/mol. The second-order valence-corrected chi connectivity index (χ2v) is 6.08. The molecule has 1 aliphatic heterocycles. The molecule has 0 saturated carbocycles. The van der Waals surface area contributed by atoms with Crippen LogP contribution in [-0.2, 0) is 4.79 Å². The topological polar surface area (TPSA) is 60.4 Å². The maximum Gasteiger partial charge on any atom is 1.00 e. The predicted molar refractivity (Wildman–Crippen MR) is 69.2 cm³/mol. The largest absolute Gasteiger partial charge is 1.00 e. The van der Waals surface area contributed by atoms with Crippen molar-refractivity contribution in [2.75, 3.05) is 13.1 Å². The first-order valence-corrected chi connectivity index (χ1v) is 6.54. The first-order chi connectivity index (χ1) is 9.28. The zero-order valence-electron chi connectivity index (χ0n) is 12.6. The Morgan fingerprint density at radius 3 is 2.38 bits per heavy atom. The van der Waals surface area contributed by atoms with Gasteiger partial charge in [-0.15, -0.1) is 0 Å². The van der Waals surface area contributed by atoms with Gasteiger partial charge in [0, 0.05) is 30.5 Å². The van der Waals surface area contributed by atoms with Gasteiger partial charge in [-0.1, -0.05) is 13.8 Å². The number of piperidine rings is 1. The van der Waals surface area contributed by atoms with E-state index in [2.05, 4.69) is 0 Å². The van der Waals surface area contributed by atoms with E-state index in [0.717, 1.165) is 0 Å². The van der Waals surface area contributed by atoms with Crippen molar-refractivity contribution in [3.8, 4) is 0 Å². The third-order valence-corrected chi connectivity index (χ3v) is 3.57. The minimum Gasteiger partial charge on any atom is -0.550 e. The van der Waals surface area contributed by atoms with Crippen LogP contribution in [0.15, 0.2) is 24.3 Å². The molecule has 0 aromatic heterocycles. The number of rotatable bonds is 2. The van der Waals surface area contributed by atoms with Gasteiger partial charge in [-0.25, -0.2) is 4.39 Å². The van der Waals surface area contributed by atoms with Crippen molar-refractivity contribution in [2.24, 2.45) is 11.3 Å². The van der Waals surface area contributed by atoms with E-state index in [4.69, 9.17) is 0 Å². The number of likely N-dealkylation sites (tertiary alicyclic amines) is 1. The summed E-state index contributed by atoms with van der Waals surface area (Å²) >= 11 is 0. The van der Waals surface area contributed by atoms with Crippen molar-refractivity contribution in [2.45, 2.75) is 20.3 Å². The molecule has 0 bridgehead atoms. The summed E-state index contributed by atoms with van der Waals surface area (Å²) < 4.78 is 12.9. The Balaban J connectivity index is 0.00000220. The Bertz CT molecular complexity index is 530. The summed E-state index contributed by atoms with van der Waals surface area (Å²) in [5.41, 5.74) is 0.0831. The number of carbonyl (C=O) groups is 2. The zero-order valence-corrected chi connectivity index (χ0v) is 12.6. The van der Waals surface area contributed by atoms with Crippen LogP contribution in [0, 0.1) is 17.2 Å². The summed E-state index contributed by atoms with van der Waals surface area (Å²) in [6, 6.07) is 5.26. The fourth-order valence-corrected chi connectivity index (χ4v) is 2.73. The molecule has 1 saturated heterocycles. The number of hydrogen-bond acceptors (Lipinski definition) is 3. The van der Waals surface area contributed by atoms with Gasteiger partial charge in [-0.05, 0) is 36.1 Å². The summed E-state index contributed by atoms with van der Waals surface area (Å²) in [6.07, 6.45) is 0.489. The minimum atomic E-state index is -1.13. The molecule has 0 radical (unpaired) electrons. The SMILES string of the molecule is CC1(C)CC(C(=O)[O-])CN(C(=O)c2ccc(F)cc2)C1.[Li+]. The predicted octanol–water partition coefficient (Wildman–Crippen LogP) is -1.93. The van der Waals surface area contributed by atoms with Crippen molar-refractivity contribution < 1.29 is 37.9 Å². The molecule has 0 spiro atoms. The molecule has 108 valence electrons. The van der Waals surface area contributed by atoms with Crippen LogP contribution < -0.4 is 24.0 Å². The van der Waals surface area contributed by atoms with Gasteiger partial charge in [0.25, 0.3) is 5.91 Å². The number of carboxylic acids is 1. The summed E-state index contributed by atoms with van der Waals surface area (Å²) in [5.74, 6) is -2.48. The third-order valence-electron chi connectivity index (χ3n) is 3.57. The number of benzene rings is 1. The molecule has 21 heavy (non-hydrogen) atoms. The average molecular weight is 285 g/mol. The third kappa shape index (κ3) is 4.32. The number of halogens is 1. The smallest absolute Gasteiger partial charge is 0.550 e. The molecule has 1 aliphatic rings. The molecule has 1 amide bonds. The Hall–Kier alpha value is -1.31. The van der Waals surface area contributed by atoms with Crippen LogP contribution >= 0.6 is 0 Å². The summed E-state index contributed by atoms with van der Waals surface area (Å²) in [5, 5.41) is 11.1. The van der Waals surface area contributed by atoms with Gasteiger partial charge in [0.2, 0.25) is 0 Å². The number of nitrogens with zero attached hydrogens (tertiary/aromatic N) is 1. The van der Waals surface area contributed by atoms with E-state index in [9.17, 15) is 19.1 Å². The van der Waals surface area contributed by atoms with Crippen LogP contribution in [-0.4, -0.2) is 29.9 Å². The Morgan fingerprint density at radius 1 is 1.29 bits per heavy atom. The van der Waals surface area contributed by atoms with Gasteiger partial charge in [0.15, 0.2) is 0 Å². The van der Waals surface area contributed by atoms with E-state index < -0.39 is 17.7 Å². The van der Waals surface area contributed by atoms with E-state index in [1.807, 2.05) is 13.8 Å². The summed E-state index contributed by atoms with van der Waals surface area (Å²) in [4.78, 5) is 25.0. The van der Waals surface area contributed by atoms with Gasteiger partial charge >= 0.3 is 18.9 Å².